The second-order valence-corrected chi connectivity index (χ2v) is 3.88. The van der Waals surface area contributed by atoms with Crippen LogP contribution >= 0.6 is 0 Å². The molecule has 0 aliphatic heterocycles. The Kier molecular flexibility index (Phi) is 3.69. The van der Waals surface area contributed by atoms with Crippen LogP contribution in [0.5, 0.6) is 11.5 Å². The highest BCUT2D eigenvalue weighted by molar-refractivity contribution is 5.93. The highest BCUT2D eigenvalue weighted by Gasteiger charge is 2.13. The van der Waals surface area contributed by atoms with E-state index in [0.29, 0.717) is 16.7 Å². The average molecular weight is 277 g/mol. The molecule has 0 aliphatic rings. The molecule has 2 N–H and O–H groups in total. The lowest BCUT2D eigenvalue weighted by Crippen LogP contribution is -2.11. The molecule has 1 aromatic carbocycles. The fourth-order valence-corrected chi connectivity index (χ4v) is 1.67. The summed E-state index contributed by atoms with van der Waals surface area (Å²) in [5.74, 6) is -1.71. The number of fused-ring (bicyclic) bond motifs is 1. The maximum atomic E-state index is 11.0. The van der Waals surface area contributed by atoms with Gasteiger partial charge in [-0.25, -0.2) is 14.6 Å². The molecule has 0 saturated carbocycles. The van der Waals surface area contributed by atoms with Crippen LogP contribution in [-0.2, 0) is 4.79 Å². The van der Waals surface area contributed by atoms with E-state index in [0.717, 1.165) is 0 Å². The van der Waals surface area contributed by atoms with E-state index in [-0.39, 0.29) is 11.4 Å². The fourth-order valence-electron chi connectivity index (χ4n) is 1.67. The van der Waals surface area contributed by atoms with E-state index in [2.05, 4.69) is 4.98 Å². The Morgan fingerprint density at radius 3 is 2.60 bits per heavy atom. The minimum absolute atomic E-state index is 0.133. The summed E-state index contributed by atoms with van der Waals surface area (Å²) < 4.78 is 10.2. The molecule has 0 aliphatic carbocycles. The molecule has 0 bridgehead atoms. The SMILES string of the molecule is COc1ccc2nc(C(=O)O)cc(OCC(=O)O)c2c1. The van der Waals surface area contributed by atoms with Crippen LogP contribution in [0.15, 0.2) is 24.3 Å². The molecule has 0 amide bonds. The van der Waals surface area contributed by atoms with E-state index in [4.69, 9.17) is 19.7 Å². The van der Waals surface area contributed by atoms with Gasteiger partial charge in [-0.1, -0.05) is 0 Å². The standard InChI is InChI=1S/C13H11NO6/c1-19-7-2-3-9-8(4-7)11(20-6-12(15)16)5-10(14-9)13(17)18/h2-5H,6H2,1H3,(H,15,16)(H,17,18). The van der Waals surface area contributed by atoms with Gasteiger partial charge in [-0.2, -0.15) is 0 Å². The van der Waals surface area contributed by atoms with Crippen molar-refractivity contribution in [3.8, 4) is 11.5 Å². The quantitative estimate of drug-likeness (QED) is 0.850. The molecule has 104 valence electrons. The summed E-state index contributed by atoms with van der Waals surface area (Å²) in [6.45, 7) is -0.574. The van der Waals surface area contributed by atoms with Crippen LogP contribution in [0.3, 0.4) is 0 Å². The summed E-state index contributed by atoms with van der Waals surface area (Å²) in [5, 5.41) is 18.1. The number of benzene rings is 1. The number of nitrogens with zero attached hydrogens (tertiary/aromatic N) is 1. The molecule has 0 radical (unpaired) electrons. The zero-order chi connectivity index (χ0) is 14.7. The van der Waals surface area contributed by atoms with Gasteiger partial charge < -0.3 is 19.7 Å². The Labute approximate surface area is 113 Å². The first-order chi connectivity index (χ1) is 9.51. The molecule has 0 saturated heterocycles. The Balaban J connectivity index is 2.58. The lowest BCUT2D eigenvalue weighted by atomic mass is 10.1. The van der Waals surface area contributed by atoms with E-state index < -0.39 is 18.5 Å². The fraction of sp³-hybridized carbons (Fsp3) is 0.154. The highest BCUT2D eigenvalue weighted by Crippen LogP contribution is 2.29. The maximum absolute atomic E-state index is 11.0. The molecule has 7 nitrogen and oxygen atoms in total. The van der Waals surface area contributed by atoms with Gasteiger partial charge in [-0.05, 0) is 18.2 Å². The van der Waals surface area contributed by atoms with Gasteiger partial charge in [0.25, 0.3) is 0 Å². The maximum Gasteiger partial charge on any atom is 0.354 e. The summed E-state index contributed by atoms with van der Waals surface area (Å²) >= 11 is 0. The number of aromatic nitrogens is 1. The van der Waals surface area contributed by atoms with E-state index >= 15 is 0 Å². The van der Waals surface area contributed by atoms with Crippen molar-refractivity contribution in [2.45, 2.75) is 0 Å². The lowest BCUT2D eigenvalue weighted by Gasteiger charge is -2.09. The van der Waals surface area contributed by atoms with Crippen molar-refractivity contribution in [1.82, 2.24) is 4.98 Å². The normalized spacial score (nSPS) is 10.2. The predicted octanol–water partition coefficient (Wildman–Crippen LogP) is 1.41. The number of aromatic carboxylic acids is 1. The van der Waals surface area contributed by atoms with Crippen molar-refractivity contribution >= 4 is 22.8 Å². The minimum Gasteiger partial charge on any atom is -0.497 e. The minimum atomic E-state index is -1.22. The number of ether oxygens (including phenoxy) is 2. The summed E-state index contributed by atoms with van der Waals surface area (Å²) in [4.78, 5) is 25.5. The third kappa shape index (κ3) is 2.77. The molecule has 0 spiro atoms. The van der Waals surface area contributed by atoms with Crippen molar-refractivity contribution < 1.29 is 29.3 Å². The van der Waals surface area contributed by atoms with Crippen LogP contribution in [0.2, 0.25) is 0 Å². The molecule has 2 rings (SSSR count). The monoisotopic (exact) mass is 277 g/mol. The molecule has 0 fully saturated rings. The smallest absolute Gasteiger partial charge is 0.354 e. The zero-order valence-electron chi connectivity index (χ0n) is 10.5. The number of aliphatic carboxylic acids is 1. The molecule has 20 heavy (non-hydrogen) atoms. The Bertz CT molecular complexity index is 682. The summed E-state index contributed by atoms with van der Waals surface area (Å²) in [6, 6.07) is 5.99. The van der Waals surface area contributed by atoms with Crippen molar-refractivity contribution in [3.05, 3.63) is 30.0 Å². The molecule has 7 heteroatoms. The van der Waals surface area contributed by atoms with Crippen LogP contribution in [-0.4, -0.2) is 40.9 Å². The van der Waals surface area contributed by atoms with Crippen LogP contribution in [0.4, 0.5) is 0 Å². The second-order valence-electron chi connectivity index (χ2n) is 3.88. The van der Waals surface area contributed by atoms with Gasteiger partial charge in [0.15, 0.2) is 12.3 Å². The van der Waals surface area contributed by atoms with Gasteiger partial charge in [0.1, 0.15) is 11.5 Å². The topological polar surface area (TPSA) is 106 Å². The molecule has 0 atom stereocenters. The Morgan fingerprint density at radius 1 is 1.25 bits per heavy atom. The number of hydrogen-bond acceptors (Lipinski definition) is 5. The van der Waals surface area contributed by atoms with Gasteiger partial charge in [-0.15, -0.1) is 0 Å². The van der Waals surface area contributed by atoms with Crippen molar-refractivity contribution in [1.29, 1.82) is 0 Å². The third-order valence-corrected chi connectivity index (χ3v) is 2.55. The highest BCUT2D eigenvalue weighted by atomic mass is 16.5. The van der Waals surface area contributed by atoms with Gasteiger partial charge in [0, 0.05) is 11.5 Å². The van der Waals surface area contributed by atoms with Crippen molar-refractivity contribution in [3.63, 3.8) is 0 Å². The van der Waals surface area contributed by atoms with Crippen LogP contribution < -0.4 is 9.47 Å². The van der Waals surface area contributed by atoms with Crippen LogP contribution in [0.1, 0.15) is 10.5 Å². The average Bonchev–Trinajstić information content (AvgIpc) is 2.43. The first-order valence-electron chi connectivity index (χ1n) is 5.58. The van der Waals surface area contributed by atoms with E-state index in [1.807, 2.05) is 0 Å². The van der Waals surface area contributed by atoms with E-state index in [9.17, 15) is 9.59 Å². The number of hydrogen-bond donors (Lipinski definition) is 2. The van der Waals surface area contributed by atoms with Gasteiger partial charge in [0.2, 0.25) is 0 Å². The summed E-state index contributed by atoms with van der Waals surface area (Å²) in [5.41, 5.74) is 0.161. The first-order valence-corrected chi connectivity index (χ1v) is 5.58. The van der Waals surface area contributed by atoms with Crippen LogP contribution in [0, 0.1) is 0 Å². The zero-order valence-corrected chi connectivity index (χ0v) is 10.5. The van der Waals surface area contributed by atoms with Gasteiger partial charge in [-0.3, -0.25) is 0 Å². The molecular weight excluding hydrogens is 266 g/mol. The number of pyridine rings is 1. The summed E-state index contributed by atoms with van der Waals surface area (Å²) in [7, 11) is 1.48. The lowest BCUT2D eigenvalue weighted by molar-refractivity contribution is -0.139. The molecule has 1 heterocycles. The Hall–Kier alpha value is -2.83. The van der Waals surface area contributed by atoms with Gasteiger partial charge in [0.05, 0.1) is 12.6 Å². The van der Waals surface area contributed by atoms with Crippen molar-refractivity contribution in [2.75, 3.05) is 13.7 Å². The largest absolute Gasteiger partial charge is 0.497 e. The van der Waals surface area contributed by atoms with Crippen LogP contribution in [0.25, 0.3) is 10.9 Å². The number of rotatable bonds is 5. The van der Waals surface area contributed by atoms with Crippen molar-refractivity contribution in [2.24, 2.45) is 0 Å². The summed E-state index contributed by atoms with van der Waals surface area (Å²) in [6.07, 6.45) is 0. The molecule has 2 aromatic rings. The molecular formula is C13H11NO6. The number of carboxylic acid groups (broad SMARTS) is 2. The first kappa shape index (κ1) is 13.6. The number of carboxylic acids is 2. The second kappa shape index (κ2) is 5.43. The Morgan fingerprint density at radius 2 is 2.00 bits per heavy atom. The number of carbonyl (C=O) groups is 2. The third-order valence-electron chi connectivity index (χ3n) is 2.55. The number of methoxy groups -OCH3 is 1. The van der Waals surface area contributed by atoms with Gasteiger partial charge >= 0.3 is 11.9 Å². The van der Waals surface area contributed by atoms with E-state index in [1.54, 1.807) is 18.2 Å². The molecule has 1 aromatic heterocycles. The predicted molar refractivity (Wildman–Crippen MR) is 68.4 cm³/mol. The van der Waals surface area contributed by atoms with E-state index in [1.165, 1.54) is 13.2 Å². The molecule has 0 unspecified atom stereocenters.